The quantitative estimate of drug-likeness (QED) is 0.624. The molecule has 1 atom stereocenters. The molecule has 1 fully saturated rings. The number of ether oxygens (including phenoxy) is 1. The van der Waals surface area contributed by atoms with E-state index < -0.39 is 5.97 Å². The second-order valence-corrected chi connectivity index (χ2v) is 5.30. The number of likely N-dealkylation sites (tertiary alicyclic amines) is 1. The van der Waals surface area contributed by atoms with Crippen molar-refractivity contribution in [2.24, 2.45) is 5.92 Å². The Hall–Kier alpha value is -2.76. The van der Waals surface area contributed by atoms with E-state index in [0.29, 0.717) is 17.7 Å². The fraction of sp³-hybridized carbons (Fsp3) is 0.294. The van der Waals surface area contributed by atoms with Crippen molar-refractivity contribution >= 4 is 17.8 Å². The van der Waals surface area contributed by atoms with Crippen LogP contribution >= 0.6 is 0 Å². The van der Waals surface area contributed by atoms with Gasteiger partial charge in [0.1, 0.15) is 5.69 Å². The van der Waals surface area contributed by atoms with Crippen molar-refractivity contribution in [2.75, 3.05) is 6.61 Å². The molecule has 1 aliphatic heterocycles. The molecule has 1 saturated heterocycles. The second-order valence-electron chi connectivity index (χ2n) is 5.30. The average molecular weight is 312 g/mol. The van der Waals surface area contributed by atoms with Crippen molar-refractivity contribution in [2.45, 2.75) is 19.9 Å². The smallest absolute Gasteiger partial charge is 0.356 e. The van der Waals surface area contributed by atoms with E-state index in [4.69, 9.17) is 4.74 Å². The summed E-state index contributed by atoms with van der Waals surface area (Å²) >= 11 is 0. The Morgan fingerprint density at radius 3 is 2.96 bits per heavy atom. The van der Waals surface area contributed by atoms with Gasteiger partial charge in [-0.15, -0.1) is 0 Å². The molecular weight excluding hydrogens is 296 g/mol. The number of esters is 1. The number of nitrogens with zero attached hydrogens (tertiary/aromatic N) is 2. The molecule has 3 rings (SSSR count). The van der Waals surface area contributed by atoms with E-state index in [1.807, 2.05) is 6.08 Å². The van der Waals surface area contributed by atoms with Gasteiger partial charge in [0, 0.05) is 5.57 Å². The Morgan fingerprint density at radius 1 is 1.39 bits per heavy atom. The van der Waals surface area contributed by atoms with Gasteiger partial charge < -0.3 is 4.74 Å². The molecule has 0 saturated carbocycles. The maximum absolute atomic E-state index is 12.4. The van der Waals surface area contributed by atoms with Crippen molar-refractivity contribution in [3.8, 4) is 0 Å². The van der Waals surface area contributed by atoms with Gasteiger partial charge in [-0.05, 0) is 25.5 Å². The van der Waals surface area contributed by atoms with E-state index in [1.165, 1.54) is 4.90 Å². The zero-order valence-corrected chi connectivity index (χ0v) is 12.7. The molecule has 6 heteroatoms. The summed E-state index contributed by atoms with van der Waals surface area (Å²) in [4.78, 5) is 41.8. The highest BCUT2D eigenvalue weighted by Gasteiger charge is 2.42. The minimum absolute atomic E-state index is 0.0543. The van der Waals surface area contributed by atoms with Crippen LogP contribution in [0.4, 0.5) is 0 Å². The Bertz CT molecular complexity index is 736. The fourth-order valence-electron chi connectivity index (χ4n) is 2.73. The molecule has 23 heavy (non-hydrogen) atoms. The number of hydrogen-bond donors (Lipinski definition) is 0. The summed E-state index contributed by atoms with van der Waals surface area (Å²) in [6, 6.07) is 4.88. The van der Waals surface area contributed by atoms with Crippen LogP contribution in [0.1, 0.15) is 29.5 Å². The van der Waals surface area contributed by atoms with Gasteiger partial charge in [-0.1, -0.05) is 24.3 Å². The number of pyridine rings is 1. The van der Waals surface area contributed by atoms with E-state index in [9.17, 15) is 14.4 Å². The molecule has 1 aliphatic carbocycles. The van der Waals surface area contributed by atoms with Crippen LogP contribution in [0.3, 0.4) is 0 Å². The summed E-state index contributed by atoms with van der Waals surface area (Å²) in [5.74, 6) is -1.41. The van der Waals surface area contributed by atoms with E-state index in [2.05, 4.69) is 4.98 Å². The van der Waals surface area contributed by atoms with Crippen molar-refractivity contribution < 1.29 is 19.1 Å². The van der Waals surface area contributed by atoms with Crippen LogP contribution in [0.15, 0.2) is 42.0 Å². The largest absolute Gasteiger partial charge is 0.461 e. The minimum Gasteiger partial charge on any atom is -0.461 e. The number of aromatic nitrogens is 1. The molecule has 0 aromatic carbocycles. The molecule has 0 radical (unpaired) electrons. The normalized spacial score (nSPS) is 19.6. The molecule has 118 valence electrons. The standard InChI is InChI=1S/C17H16N2O4/c1-2-23-17(22)14-9-5-6-11(18-14)10-19-15(20)12-7-3-4-8-13(12)16(19)21/h3-7,9,13H,2,8,10H2,1H3. The van der Waals surface area contributed by atoms with Crippen molar-refractivity contribution in [1.82, 2.24) is 9.88 Å². The Balaban J connectivity index is 1.80. The maximum Gasteiger partial charge on any atom is 0.356 e. The van der Waals surface area contributed by atoms with E-state index >= 15 is 0 Å². The first-order valence-corrected chi connectivity index (χ1v) is 7.47. The number of allylic oxidation sites excluding steroid dienone is 3. The number of carbonyl (C=O) groups excluding carboxylic acids is 3. The molecule has 2 heterocycles. The van der Waals surface area contributed by atoms with Gasteiger partial charge in [-0.3, -0.25) is 14.5 Å². The van der Waals surface area contributed by atoms with E-state index in [1.54, 1.807) is 37.3 Å². The lowest BCUT2D eigenvalue weighted by atomic mass is 9.94. The van der Waals surface area contributed by atoms with Crippen LogP contribution in [-0.2, 0) is 20.9 Å². The van der Waals surface area contributed by atoms with Crippen LogP contribution in [0.2, 0.25) is 0 Å². The molecule has 1 aromatic heterocycles. The summed E-state index contributed by atoms with van der Waals surface area (Å²) in [6.45, 7) is 2.03. The fourth-order valence-corrected chi connectivity index (χ4v) is 2.73. The van der Waals surface area contributed by atoms with Gasteiger partial charge >= 0.3 is 5.97 Å². The third kappa shape index (κ3) is 2.79. The second kappa shape index (κ2) is 6.16. The monoisotopic (exact) mass is 312 g/mol. The lowest BCUT2D eigenvalue weighted by Crippen LogP contribution is -2.30. The highest BCUT2D eigenvalue weighted by molar-refractivity contribution is 6.15. The van der Waals surface area contributed by atoms with Crippen molar-refractivity contribution in [3.63, 3.8) is 0 Å². The van der Waals surface area contributed by atoms with Gasteiger partial charge in [0.15, 0.2) is 0 Å². The van der Waals surface area contributed by atoms with Crippen LogP contribution in [-0.4, -0.2) is 34.3 Å². The molecular formula is C17H16N2O4. The molecule has 0 bridgehead atoms. The SMILES string of the molecule is CCOC(=O)c1cccc(CN2C(=O)C3=CC=CCC3C2=O)n1. The molecule has 2 aliphatic rings. The maximum atomic E-state index is 12.4. The number of amides is 2. The third-order valence-corrected chi connectivity index (χ3v) is 3.83. The topological polar surface area (TPSA) is 76.6 Å². The zero-order chi connectivity index (χ0) is 16.4. The molecule has 6 nitrogen and oxygen atoms in total. The van der Waals surface area contributed by atoms with Crippen LogP contribution in [0.25, 0.3) is 0 Å². The highest BCUT2D eigenvalue weighted by Crippen LogP contribution is 2.32. The summed E-state index contributed by atoms with van der Waals surface area (Å²) in [5.41, 5.74) is 1.17. The lowest BCUT2D eigenvalue weighted by Gasteiger charge is -2.14. The molecule has 1 unspecified atom stereocenters. The summed E-state index contributed by atoms with van der Waals surface area (Å²) in [5, 5.41) is 0. The minimum atomic E-state index is -0.519. The predicted octanol–water partition coefficient (Wildman–Crippen LogP) is 1.63. The molecule has 2 amide bonds. The first-order chi connectivity index (χ1) is 11.1. The zero-order valence-electron chi connectivity index (χ0n) is 12.7. The number of imide groups is 1. The number of fused-ring (bicyclic) bond motifs is 1. The van der Waals surface area contributed by atoms with Gasteiger partial charge in [0.05, 0.1) is 24.8 Å². The van der Waals surface area contributed by atoms with Gasteiger partial charge in [0.25, 0.3) is 5.91 Å². The highest BCUT2D eigenvalue weighted by atomic mass is 16.5. The Morgan fingerprint density at radius 2 is 2.22 bits per heavy atom. The average Bonchev–Trinajstić information content (AvgIpc) is 2.81. The lowest BCUT2D eigenvalue weighted by molar-refractivity contribution is -0.139. The van der Waals surface area contributed by atoms with Crippen LogP contribution in [0, 0.1) is 5.92 Å². The first-order valence-electron chi connectivity index (χ1n) is 7.47. The van der Waals surface area contributed by atoms with E-state index in [-0.39, 0.29) is 36.6 Å². The van der Waals surface area contributed by atoms with Crippen molar-refractivity contribution in [1.29, 1.82) is 0 Å². The third-order valence-electron chi connectivity index (χ3n) is 3.83. The first kappa shape index (κ1) is 15.1. The van der Waals surface area contributed by atoms with Crippen LogP contribution in [0.5, 0.6) is 0 Å². The van der Waals surface area contributed by atoms with Crippen molar-refractivity contribution in [3.05, 3.63) is 53.4 Å². The van der Waals surface area contributed by atoms with Gasteiger partial charge in [0.2, 0.25) is 5.91 Å². The molecule has 1 aromatic rings. The predicted molar refractivity (Wildman–Crippen MR) is 81.1 cm³/mol. The molecule has 0 spiro atoms. The van der Waals surface area contributed by atoms with E-state index in [0.717, 1.165) is 0 Å². The number of hydrogen-bond acceptors (Lipinski definition) is 5. The Labute approximate surface area is 133 Å². The number of rotatable bonds is 4. The van der Waals surface area contributed by atoms with Gasteiger partial charge in [-0.2, -0.15) is 0 Å². The van der Waals surface area contributed by atoms with Gasteiger partial charge in [-0.25, -0.2) is 9.78 Å². The summed E-state index contributed by atoms with van der Waals surface area (Å²) in [6.07, 6.45) is 5.91. The van der Waals surface area contributed by atoms with Crippen LogP contribution < -0.4 is 0 Å². The summed E-state index contributed by atoms with van der Waals surface area (Å²) in [7, 11) is 0. The molecule has 0 N–H and O–H groups in total. The Kier molecular flexibility index (Phi) is 4.06. The number of carbonyl (C=O) groups is 3. The summed E-state index contributed by atoms with van der Waals surface area (Å²) < 4.78 is 4.91.